The second-order valence-electron chi connectivity index (χ2n) is 5.50. The van der Waals surface area contributed by atoms with Gasteiger partial charge in [-0.1, -0.05) is 37.5 Å². The van der Waals surface area contributed by atoms with Crippen LogP contribution >= 0.6 is 0 Å². The molecule has 118 valence electrons. The molecule has 0 heterocycles. The van der Waals surface area contributed by atoms with Crippen LogP contribution in [0.3, 0.4) is 0 Å². The van der Waals surface area contributed by atoms with Gasteiger partial charge < -0.3 is 4.74 Å². The summed E-state index contributed by atoms with van der Waals surface area (Å²) < 4.78 is 28.9. The molecule has 1 aromatic carbocycles. The predicted octanol–water partition coefficient (Wildman–Crippen LogP) is 3.12. The van der Waals surface area contributed by atoms with Crippen molar-refractivity contribution in [2.45, 2.75) is 47.0 Å². The molecule has 0 aliphatic heterocycles. The van der Waals surface area contributed by atoms with E-state index in [0.717, 1.165) is 29.5 Å². The number of carbonyl (C=O) groups excluding carboxylic acids is 1. The Morgan fingerprint density at radius 1 is 1.10 bits per heavy atom. The van der Waals surface area contributed by atoms with E-state index in [2.05, 4.69) is 0 Å². The second kappa shape index (κ2) is 7.59. The van der Waals surface area contributed by atoms with Gasteiger partial charge in [-0.2, -0.15) is 0 Å². The highest BCUT2D eigenvalue weighted by Crippen LogP contribution is 2.24. The number of rotatable bonds is 7. The van der Waals surface area contributed by atoms with Crippen LogP contribution in [0, 0.1) is 20.8 Å². The van der Waals surface area contributed by atoms with Crippen molar-refractivity contribution in [2.24, 2.45) is 0 Å². The van der Waals surface area contributed by atoms with Gasteiger partial charge in [0.2, 0.25) is 0 Å². The predicted molar refractivity (Wildman–Crippen MR) is 84.5 cm³/mol. The van der Waals surface area contributed by atoms with Crippen molar-refractivity contribution in [3.05, 3.63) is 28.8 Å². The molecule has 0 saturated heterocycles. The van der Waals surface area contributed by atoms with Crippen LogP contribution in [-0.4, -0.2) is 25.9 Å². The number of ether oxygens (including phenoxy) is 1. The summed E-state index contributed by atoms with van der Waals surface area (Å²) in [5.41, 5.74) is 2.76. The SMILES string of the molecule is CCCCCS(=O)(=O)CC(=O)Oc1c(C)cc(C)cc1C. The first kappa shape index (κ1) is 17.7. The molecule has 21 heavy (non-hydrogen) atoms. The third kappa shape index (κ3) is 5.87. The van der Waals surface area contributed by atoms with E-state index < -0.39 is 21.6 Å². The van der Waals surface area contributed by atoms with E-state index in [0.29, 0.717) is 12.2 Å². The molecule has 0 aliphatic carbocycles. The van der Waals surface area contributed by atoms with Crippen LogP contribution in [0.1, 0.15) is 42.9 Å². The third-order valence-electron chi connectivity index (χ3n) is 3.22. The fourth-order valence-electron chi connectivity index (χ4n) is 2.29. The highest BCUT2D eigenvalue weighted by molar-refractivity contribution is 7.92. The summed E-state index contributed by atoms with van der Waals surface area (Å²) in [6.07, 6.45) is 2.39. The van der Waals surface area contributed by atoms with Gasteiger partial charge in [0.25, 0.3) is 0 Å². The highest BCUT2D eigenvalue weighted by Gasteiger charge is 2.19. The van der Waals surface area contributed by atoms with Gasteiger partial charge in [-0.15, -0.1) is 0 Å². The van der Waals surface area contributed by atoms with E-state index in [1.165, 1.54) is 0 Å². The van der Waals surface area contributed by atoms with E-state index >= 15 is 0 Å². The average Bonchev–Trinajstić information content (AvgIpc) is 2.33. The third-order valence-corrected chi connectivity index (χ3v) is 4.80. The zero-order valence-corrected chi connectivity index (χ0v) is 14.0. The van der Waals surface area contributed by atoms with E-state index in [4.69, 9.17) is 4.74 Å². The molecular formula is C16H24O4S. The number of carbonyl (C=O) groups is 1. The van der Waals surface area contributed by atoms with Gasteiger partial charge in [0, 0.05) is 0 Å². The zero-order chi connectivity index (χ0) is 16.0. The molecule has 0 amide bonds. The van der Waals surface area contributed by atoms with E-state index in [1.807, 2.05) is 39.8 Å². The Kier molecular flexibility index (Phi) is 6.40. The molecule has 0 spiro atoms. The number of benzene rings is 1. The number of esters is 1. The van der Waals surface area contributed by atoms with E-state index in [-0.39, 0.29) is 5.75 Å². The monoisotopic (exact) mass is 312 g/mol. The molecule has 0 saturated carbocycles. The van der Waals surface area contributed by atoms with Crippen LogP contribution in [0.5, 0.6) is 5.75 Å². The summed E-state index contributed by atoms with van der Waals surface area (Å²) in [7, 11) is -3.38. The minimum Gasteiger partial charge on any atom is -0.425 e. The van der Waals surface area contributed by atoms with Crippen LogP contribution < -0.4 is 4.74 Å². The van der Waals surface area contributed by atoms with E-state index in [9.17, 15) is 13.2 Å². The van der Waals surface area contributed by atoms with Gasteiger partial charge in [0.05, 0.1) is 5.75 Å². The molecule has 1 rings (SSSR count). The van der Waals surface area contributed by atoms with Gasteiger partial charge in [-0.25, -0.2) is 8.42 Å². The lowest BCUT2D eigenvalue weighted by Crippen LogP contribution is -2.23. The van der Waals surface area contributed by atoms with Crippen molar-refractivity contribution in [3.8, 4) is 5.75 Å². The number of sulfone groups is 1. The first-order valence-corrected chi connectivity index (χ1v) is 9.06. The first-order valence-electron chi connectivity index (χ1n) is 7.24. The minimum absolute atomic E-state index is 0.0435. The Morgan fingerprint density at radius 3 is 2.19 bits per heavy atom. The van der Waals surface area contributed by atoms with Crippen LogP contribution in [0.4, 0.5) is 0 Å². The minimum atomic E-state index is -3.38. The van der Waals surface area contributed by atoms with Gasteiger partial charge in [0.1, 0.15) is 11.5 Å². The number of hydrogen-bond acceptors (Lipinski definition) is 4. The number of aryl methyl sites for hydroxylation is 3. The maximum absolute atomic E-state index is 11.8. The highest BCUT2D eigenvalue weighted by atomic mass is 32.2. The smallest absolute Gasteiger partial charge is 0.326 e. The van der Waals surface area contributed by atoms with Gasteiger partial charge in [-0.05, 0) is 38.3 Å². The molecule has 0 atom stereocenters. The van der Waals surface area contributed by atoms with Crippen molar-refractivity contribution >= 4 is 15.8 Å². The maximum Gasteiger partial charge on any atom is 0.326 e. The summed E-state index contributed by atoms with van der Waals surface area (Å²) >= 11 is 0. The largest absolute Gasteiger partial charge is 0.425 e. The summed E-state index contributed by atoms with van der Waals surface area (Å²) in [5.74, 6) is -0.749. The Labute approximate surface area is 127 Å². The summed E-state index contributed by atoms with van der Waals surface area (Å²) in [6.45, 7) is 7.66. The van der Waals surface area contributed by atoms with Crippen molar-refractivity contribution in [3.63, 3.8) is 0 Å². The van der Waals surface area contributed by atoms with Crippen LogP contribution in [-0.2, 0) is 14.6 Å². The Bertz CT molecular complexity index is 580. The molecule has 5 heteroatoms. The molecule has 0 aliphatic rings. The van der Waals surface area contributed by atoms with Crippen molar-refractivity contribution in [2.75, 3.05) is 11.5 Å². The normalized spacial score (nSPS) is 11.4. The van der Waals surface area contributed by atoms with Crippen LogP contribution in [0.15, 0.2) is 12.1 Å². The summed E-state index contributed by atoms with van der Waals surface area (Å²) in [5, 5.41) is 0. The first-order chi connectivity index (χ1) is 9.75. The van der Waals surface area contributed by atoms with Gasteiger partial charge >= 0.3 is 5.97 Å². The summed E-state index contributed by atoms with van der Waals surface area (Å²) in [4.78, 5) is 11.8. The molecule has 0 N–H and O–H groups in total. The Morgan fingerprint density at radius 2 is 1.67 bits per heavy atom. The quantitative estimate of drug-likeness (QED) is 0.441. The molecule has 0 radical (unpaired) electrons. The van der Waals surface area contributed by atoms with Crippen LogP contribution in [0.25, 0.3) is 0 Å². The molecule has 0 bridgehead atoms. The standard InChI is InChI=1S/C16H24O4S/c1-5-6-7-8-21(18,19)11-15(17)20-16-13(3)9-12(2)10-14(16)4/h9-10H,5-8,11H2,1-4H3. The lowest BCUT2D eigenvalue weighted by molar-refractivity contribution is -0.131. The van der Waals surface area contributed by atoms with Gasteiger partial charge in [0.15, 0.2) is 9.84 Å². The average molecular weight is 312 g/mol. The topological polar surface area (TPSA) is 60.4 Å². The molecule has 0 fully saturated rings. The fourth-order valence-corrected chi connectivity index (χ4v) is 3.50. The Hall–Kier alpha value is -1.36. The van der Waals surface area contributed by atoms with E-state index in [1.54, 1.807) is 0 Å². The zero-order valence-electron chi connectivity index (χ0n) is 13.2. The fraction of sp³-hybridized carbons (Fsp3) is 0.562. The molecule has 0 aromatic heterocycles. The summed E-state index contributed by atoms with van der Waals surface area (Å²) in [6, 6.07) is 3.82. The number of hydrogen-bond donors (Lipinski definition) is 0. The van der Waals surface area contributed by atoms with Crippen molar-refractivity contribution in [1.29, 1.82) is 0 Å². The molecule has 4 nitrogen and oxygen atoms in total. The lowest BCUT2D eigenvalue weighted by Gasteiger charge is -2.11. The van der Waals surface area contributed by atoms with Crippen molar-refractivity contribution < 1.29 is 17.9 Å². The maximum atomic E-state index is 11.8. The molecule has 0 unspecified atom stereocenters. The van der Waals surface area contributed by atoms with Crippen LogP contribution in [0.2, 0.25) is 0 Å². The van der Waals surface area contributed by atoms with Crippen molar-refractivity contribution in [1.82, 2.24) is 0 Å². The second-order valence-corrected chi connectivity index (χ2v) is 7.69. The van der Waals surface area contributed by atoms with Gasteiger partial charge in [-0.3, -0.25) is 4.79 Å². The lowest BCUT2D eigenvalue weighted by atomic mass is 10.1. The number of unbranched alkanes of at least 4 members (excludes halogenated alkanes) is 2. The molecule has 1 aromatic rings. The Balaban J connectivity index is 2.70. The molecular weight excluding hydrogens is 288 g/mol.